The van der Waals surface area contributed by atoms with Gasteiger partial charge in [-0.2, -0.15) is 10.4 Å². The highest BCUT2D eigenvalue weighted by Gasteiger charge is 2.14. The lowest BCUT2D eigenvalue weighted by molar-refractivity contribution is 0.775. The van der Waals surface area contributed by atoms with E-state index >= 15 is 0 Å². The molecule has 0 aliphatic carbocycles. The van der Waals surface area contributed by atoms with Crippen LogP contribution in [-0.2, 0) is 7.05 Å². The quantitative estimate of drug-likeness (QED) is 0.693. The maximum Gasteiger partial charge on any atom is 0.0999 e. The lowest BCUT2D eigenvalue weighted by atomic mass is 10.0. The minimum absolute atomic E-state index is 0.593. The Hall–Kier alpha value is -2.19. The van der Waals surface area contributed by atoms with Crippen molar-refractivity contribution in [3.05, 3.63) is 46.7 Å². The van der Waals surface area contributed by atoms with Crippen LogP contribution in [0.1, 0.15) is 5.56 Å². The number of hydrogen-bond acceptors (Lipinski definition) is 3. The highest BCUT2D eigenvalue weighted by molar-refractivity contribution is 9.10. The van der Waals surface area contributed by atoms with E-state index in [1.54, 1.807) is 17.1 Å². The van der Waals surface area contributed by atoms with Crippen LogP contribution >= 0.6 is 15.9 Å². The molecule has 92 valence electrons. The van der Waals surface area contributed by atoms with Crippen LogP contribution in [0.15, 0.2) is 41.1 Å². The molecule has 0 saturated carbocycles. The van der Waals surface area contributed by atoms with Crippen LogP contribution in [0.3, 0.4) is 0 Å². The number of hydrogen-bond donors (Lipinski definition) is 0. The molecule has 4 nitrogen and oxygen atoms in total. The number of aryl methyl sites for hydroxylation is 1. The molecule has 0 aliphatic heterocycles. The van der Waals surface area contributed by atoms with Crippen LogP contribution in [0.2, 0.25) is 0 Å². The van der Waals surface area contributed by atoms with Crippen molar-refractivity contribution >= 4 is 26.8 Å². The Kier molecular flexibility index (Phi) is 2.80. The van der Waals surface area contributed by atoms with Crippen LogP contribution in [0, 0.1) is 11.3 Å². The van der Waals surface area contributed by atoms with E-state index in [4.69, 9.17) is 0 Å². The van der Waals surface area contributed by atoms with Crippen molar-refractivity contribution in [2.75, 3.05) is 0 Å². The average molecular weight is 313 g/mol. The number of rotatable bonds is 1. The molecular formula is C14H9BrN4. The van der Waals surface area contributed by atoms with Gasteiger partial charge in [0.25, 0.3) is 0 Å². The summed E-state index contributed by atoms with van der Waals surface area (Å²) in [5, 5.41) is 14.5. The van der Waals surface area contributed by atoms with Crippen LogP contribution in [-0.4, -0.2) is 14.8 Å². The predicted molar refractivity (Wildman–Crippen MR) is 76.4 cm³/mol. The molecule has 0 saturated heterocycles. The lowest BCUT2D eigenvalue weighted by Crippen LogP contribution is -1.96. The van der Waals surface area contributed by atoms with E-state index in [9.17, 15) is 5.26 Å². The number of aromatic nitrogens is 3. The first-order valence-electron chi connectivity index (χ1n) is 5.67. The molecule has 0 N–H and O–H groups in total. The van der Waals surface area contributed by atoms with Crippen LogP contribution in [0.4, 0.5) is 0 Å². The number of fused-ring (bicyclic) bond motifs is 1. The van der Waals surface area contributed by atoms with Crippen molar-refractivity contribution in [1.29, 1.82) is 5.26 Å². The van der Waals surface area contributed by atoms with Gasteiger partial charge in [0, 0.05) is 24.2 Å². The van der Waals surface area contributed by atoms with E-state index in [1.807, 2.05) is 31.3 Å². The fourth-order valence-corrected chi connectivity index (χ4v) is 2.68. The lowest BCUT2D eigenvalue weighted by Gasteiger charge is -2.07. The topological polar surface area (TPSA) is 54.5 Å². The molecule has 2 heterocycles. The molecule has 1 aromatic carbocycles. The van der Waals surface area contributed by atoms with Crippen LogP contribution in [0.25, 0.3) is 22.2 Å². The maximum atomic E-state index is 9.34. The third-order valence-electron chi connectivity index (χ3n) is 3.01. The predicted octanol–water partition coefficient (Wildman–Crippen LogP) is 3.27. The fraction of sp³-hybridized carbons (Fsp3) is 0.0714. The summed E-state index contributed by atoms with van der Waals surface area (Å²) >= 11 is 3.47. The van der Waals surface area contributed by atoms with Crippen molar-refractivity contribution < 1.29 is 0 Å². The Morgan fingerprint density at radius 3 is 2.89 bits per heavy atom. The molecule has 3 aromatic rings. The van der Waals surface area contributed by atoms with Crippen molar-refractivity contribution in [1.82, 2.24) is 14.8 Å². The zero-order chi connectivity index (χ0) is 13.4. The molecule has 2 aromatic heterocycles. The first-order valence-corrected chi connectivity index (χ1v) is 6.47. The van der Waals surface area contributed by atoms with Gasteiger partial charge >= 0.3 is 0 Å². The molecule has 3 rings (SSSR count). The summed E-state index contributed by atoms with van der Waals surface area (Å²) in [6.45, 7) is 0. The summed E-state index contributed by atoms with van der Waals surface area (Å²) in [4.78, 5) is 4.27. The molecule has 0 aliphatic rings. The zero-order valence-electron chi connectivity index (χ0n) is 10.1. The summed E-state index contributed by atoms with van der Waals surface area (Å²) in [5.74, 6) is 0. The van der Waals surface area contributed by atoms with Gasteiger partial charge < -0.3 is 0 Å². The van der Waals surface area contributed by atoms with Gasteiger partial charge in [-0.15, -0.1) is 0 Å². The second kappa shape index (κ2) is 4.48. The summed E-state index contributed by atoms with van der Waals surface area (Å²) in [7, 11) is 1.86. The van der Waals surface area contributed by atoms with Crippen LogP contribution in [0.5, 0.6) is 0 Å². The molecular weight excluding hydrogens is 304 g/mol. The summed E-state index contributed by atoms with van der Waals surface area (Å²) in [6.07, 6.45) is 3.45. The second-order valence-corrected chi connectivity index (χ2v) is 5.02. The Balaban J connectivity index is 2.38. The minimum atomic E-state index is 0.593. The zero-order valence-corrected chi connectivity index (χ0v) is 11.7. The Bertz CT molecular complexity index is 794. The van der Waals surface area contributed by atoms with E-state index < -0.39 is 0 Å². The summed E-state index contributed by atoms with van der Waals surface area (Å²) in [5.41, 5.74) is 3.16. The van der Waals surface area contributed by atoms with Gasteiger partial charge in [-0.05, 0) is 34.1 Å². The van der Waals surface area contributed by atoms with Gasteiger partial charge in [0.1, 0.15) is 0 Å². The van der Waals surface area contributed by atoms with E-state index in [0.717, 1.165) is 26.6 Å². The average Bonchev–Trinajstić information content (AvgIpc) is 2.76. The van der Waals surface area contributed by atoms with Crippen molar-refractivity contribution in [3.8, 4) is 17.3 Å². The largest absolute Gasteiger partial charge is 0.267 e. The maximum absolute atomic E-state index is 9.34. The molecule has 0 amide bonds. The SMILES string of the molecule is Cn1ncc(Br)c1-c1cc2cccnc2cc1C#N. The molecule has 0 bridgehead atoms. The normalized spacial score (nSPS) is 10.6. The molecule has 0 unspecified atom stereocenters. The van der Waals surface area contributed by atoms with Gasteiger partial charge in [0.05, 0.1) is 33.5 Å². The molecule has 0 fully saturated rings. The first kappa shape index (κ1) is 11.9. The standard InChI is InChI=1S/C14H9BrN4/c1-19-14(12(15)8-18-19)11-5-9-3-2-4-17-13(9)6-10(11)7-16/h2-6,8H,1H3. The van der Waals surface area contributed by atoms with Crippen molar-refractivity contribution in [2.24, 2.45) is 7.05 Å². The Morgan fingerprint density at radius 1 is 1.37 bits per heavy atom. The van der Waals surface area contributed by atoms with Crippen molar-refractivity contribution in [3.63, 3.8) is 0 Å². The van der Waals surface area contributed by atoms with Gasteiger partial charge in [0.2, 0.25) is 0 Å². The van der Waals surface area contributed by atoms with E-state index in [2.05, 4.69) is 32.1 Å². The van der Waals surface area contributed by atoms with Gasteiger partial charge in [-0.1, -0.05) is 6.07 Å². The third-order valence-corrected chi connectivity index (χ3v) is 3.59. The summed E-state index contributed by atoms with van der Waals surface area (Å²) < 4.78 is 2.62. The van der Waals surface area contributed by atoms with E-state index in [1.165, 1.54) is 0 Å². The number of pyridine rings is 1. The number of halogens is 1. The first-order chi connectivity index (χ1) is 9.20. The molecule has 5 heteroatoms. The molecule has 0 radical (unpaired) electrons. The monoisotopic (exact) mass is 312 g/mol. The van der Waals surface area contributed by atoms with Crippen LogP contribution < -0.4 is 0 Å². The summed E-state index contributed by atoms with van der Waals surface area (Å²) in [6, 6.07) is 9.88. The number of nitrogens with zero attached hydrogens (tertiary/aromatic N) is 4. The highest BCUT2D eigenvalue weighted by Crippen LogP contribution is 2.32. The van der Waals surface area contributed by atoms with E-state index in [0.29, 0.717) is 5.56 Å². The third kappa shape index (κ3) is 1.90. The minimum Gasteiger partial charge on any atom is -0.267 e. The smallest absolute Gasteiger partial charge is 0.0999 e. The number of benzene rings is 1. The van der Waals surface area contributed by atoms with Crippen molar-refractivity contribution in [2.45, 2.75) is 0 Å². The molecule has 19 heavy (non-hydrogen) atoms. The van der Waals surface area contributed by atoms with Gasteiger partial charge in [-0.3, -0.25) is 9.67 Å². The molecule has 0 atom stereocenters. The Morgan fingerprint density at radius 2 is 2.21 bits per heavy atom. The number of nitriles is 1. The second-order valence-electron chi connectivity index (χ2n) is 4.17. The Labute approximate surface area is 118 Å². The van der Waals surface area contributed by atoms with Gasteiger partial charge in [-0.25, -0.2) is 0 Å². The fourth-order valence-electron chi connectivity index (χ4n) is 2.12. The molecule has 0 spiro atoms. The van der Waals surface area contributed by atoms with Gasteiger partial charge in [0.15, 0.2) is 0 Å². The van der Waals surface area contributed by atoms with E-state index in [-0.39, 0.29) is 0 Å². The highest BCUT2D eigenvalue weighted by atomic mass is 79.9.